The lowest BCUT2D eigenvalue weighted by Gasteiger charge is -2.39. The van der Waals surface area contributed by atoms with Gasteiger partial charge in [0.15, 0.2) is 0 Å². The SMILES string of the molecule is CC1CCCN(Cc2ccc(CNC(=O)C(=O)NCC3(N)CCN(Cc4ccccc4)CC3)cc2)C1.O=C(O)C(F)(F)F. The van der Waals surface area contributed by atoms with Crippen molar-refractivity contribution in [1.82, 2.24) is 20.4 Å². The van der Waals surface area contributed by atoms with E-state index < -0.39 is 29.5 Å². The second-order valence-electron chi connectivity index (χ2n) is 11.6. The average Bonchev–Trinajstić information content (AvgIpc) is 2.97. The molecule has 12 heteroatoms. The number of piperidine rings is 2. The van der Waals surface area contributed by atoms with Gasteiger partial charge in [0.05, 0.1) is 0 Å². The number of hydrogen-bond acceptors (Lipinski definition) is 6. The number of amides is 2. The van der Waals surface area contributed by atoms with Gasteiger partial charge in [-0.15, -0.1) is 0 Å². The summed E-state index contributed by atoms with van der Waals surface area (Å²) >= 11 is 0. The highest BCUT2D eigenvalue weighted by Gasteiger charge is 2.38. The maximum atomic E-state index is 12.4. The lowest BCUT2D eigenvalue weighted by Crippen LogP contribution is -2.57. The summed E-state index contributed by atoms with van der Waals surface area (Å²) in [6, 6.07) is 18.7. The molecular formula is C31H42F3N5O4. The number of rotatable bonds is 8. The molecule has 2 aliphatic heterocycles. The summed E-state index contributed by atoms with van der Waals surface area (Å²) in [5, 5.41) is 12.6. The standard InChI is InChI=1S/C29H41N5O2.C2HF3O2/c1-23-6-5-15-34(19-23)21-26-11-9-24(10-12-26)18-31-27(35)28(36)32-22-29(30)13-16-33(17-14-29)20-25-7-3-2-4-8-25;3-2(4,5)1(6)7/h2-4,7-12,23H,5-6,13-22,30H2,1H3,(H,31,35)(H,32,36);(H,6,7). The number of likely N-dealkylation sites (tertiary alicyclic amines) is 2. The lowest BCUT2D eigenvalue weighted by atomic mass is 9.88. The number of nitrogens with zero attached hydrogens (tertiary/aromatic N) is 2. The topological polar surface area (TPSA) is 128 Å². The number of carbonyl (C=O) groups is 3. The first-order valence-electron chi connectivity index (χ1n) is 14.5. The van der Waals surface area contributed by atoms with E-state index in [1.807, 2.05) is 18.2 Å². The summed E-state index contributed by atoms with van der Waals surface area (Å²) in [5.41, 5.74) is 9.61. The van der Waals surface area contributed by atoms with E-state index in [4.69, 9.17) is 15.6 Å². The van der Waals surface area contributed by atoms with Gasteiger partial charge in [-0.05, 0) is 54.8 Å². The van der Waals surface area contributed by atoms with Crippen LogP contribution in [0.5, 0.6) is 0 Å². The van der Waals surface area contributed by atoms with Crippen LogP contribution in [0.25, 0.3) is 0 Å². The van der Waals surface area contributed by atoms with Gasteiger partial charge in [0.1, 0.15) is 0 Å². The highest BCUT2D eigenvalue weighted by atomic mass is 19.4. The molecule has 2 fully saturated rings. The molecule has 0 aliphatic carbocycles. The Morgan fingerprint density at radius 2 is 1.42 bits per heavy atom. The van der Waals surface area contributed by atoms with Crippen molar-refractivity contribution in [3.63, 3.8) is 0 Å². The van der Waals surface area contributed by atoms with Crippen LogP contribution in [-0.4, -0.2) is 77.1 Å². The number of benzene rings is 2. The molecule has 4 rings (SSSR count). The Labute approximate surface area is 250 Å². The third-order valence-corrected chi connectivity index (χ3v) is 7.77. The number of hydrogen-bond donors (Lipinski definition) is 4. The maximum absolute atomic E-state index is 12.4. The monoisotopic (exact) mass is 605 g/mol. The zero-order chi connectivity index (χ0) is 31.5. The Kier molecular flexibility index (Phi) is 12.5. The molecule has 43 heavy (non-hydrogen) atoms. The number of nitrogens with one attached hydrogen (secondary N) is 2. The number of carboxylic acids is 1. The smallest absolute Gasteiger partial charge is 0.475 e. The van der Waals surface area contributed by atoms with Crippen LogP contribution in [0, 0.1) is 5.92 Å². The summed E-state index contributed by atoms with van der Waals surface area (Å²) in [5.74, 6) is -3.23. The Hall–Kier alpha value is -3.48. The molecule has 1 atom stereocenters. The van der Waals surface area contributed by atoms with Gasteiger partial charge in [-0.1, -0.05) is 61.5 Å². The van der Waals surface area contributed by atoms with Crippen molar-refractivity contribution in [3.8, 4) is 0 Å². The molecule has 2 aromatic rings. The van der Waals surface area contributed by atoms with E-state index in [0.29, 0.717) is 13.1 Å². The third-order valence-electron chi connectivity index (χ3n) is 7.77. The van der Waals surface area contributed by atoms with Crippen LogP contribution in [0.2, 0.25) is 0 Å². The van der Waals surface area contributed by atoms with Crippen LogP contribution in [0.3, 0.4) is 0 Å². The van der Waals surface area contributed by atoms with E-state index in [-0.39, 0.29) is 0 Å². The molecule has 2 amide bonds. The van der Waals surface area contributed by atoms with Crippen molar-refractivity contribution >= 4 is 17.8 Å². The van der Waals surface area contributed by atoms with Gasteiger partial charge in [0.2, 0.25) is 0 Å². The Bertz CT molecular complexity index is 1190. The van der Waals surface area contributed by atoms with E-state index in [0.717, 1.165) is 63.6 Å². The molecule has 0 saturated carbocycles. The molecule has 0 aromatic heterocycles. The minimum absolute atomic E-state index is 0.308. The van der Waals surface area contributed by atoms with Crippen molar-refractivity contribution < 1.29 is 32.7 Å². The van der Waals surface area contributed by atoms with Gasteiger partial charge in [-0.25, -0.2) is 4.79 Å². The Balaban J connectivity index is 0.000000646. The third kappa shape index (κ3) is 12.0. The van der Waals surface area contributed by atoms with E-state index in [1.165, 1.54) is 24.0 Å². The average molecular weight is 606 g/mol. The van der Waals surface area contributed by atoms with Crippen molar-refractivity contribution in [2.24, 2.45) is 11.7 Å². The van der Waals surface area contributed by atoms with Crippen molar-refractivity contribution in [2.75, 3.05) is 32.7 Å². The Morgan fingerprint density at radius 3 is 2.00 bits per heavy atom. The molecule has 2 heterocycles. The van der Waals surface area contributed by atoms with Gasteiger partial charge in [-0.2, -0.15) is 13.2 Å². The van der Waals surface area contributed by atoms with Crippen LogP contribution in [0.15, 0.2) is 54.6 Å². The molecule has 2 saturated heterocycles. The van der Waals surface area contributed by atoms with Crippen LogP contribution < -0.4 is 16.4 Å². The first-order chi connectivity index (χ1) is 20.3. The number of alkyl halides is 3. The number of halogens is 3. The molecule has 9 nitrogen and oxygen atoms in total. The van der Waals surface area contributed by atoms with Gasteiger partial charge < -0.3 is 21.5 Å². The molecule has 2 aromatic carbocycles. The first-order valence-corrected chi connectivity index (χ1v) is 14.5. The Morgan fingerprint density at radius 1 is 0.884 bits per heavy atom. The number of nitrogens with two attached hydrogens (primary N) is 1. The van der Waals surface area contributed by atoms with Crippen molar-refractivity contribution in [3.05, 3.63) is 71.3 Å². The van der Waals surface area contributed by atoms with Gasteiger partial charge in [0, 0.05) is 51.4 Å². The first kappa shape index (κ1) is 34.0. The molecule has 5 N–H and O–H groups in total. The van der Waals surface area contributed by atoms with Gasteiger partial charge in [-0.3, -0.25) is 19.4 Å². The second kappa shape index (κ2) is 15.8. The minimum atomic E-state index is -5.08. The molecule has 0 radical (unpaired) electrons. The van der Waals surface area contributed by atoms with Crippen LogP contribution >= 0.6 is 0 Å². The van der Waals surface area contributed by atoms with Crippen molar-refractivity contribution in [1.29, 1.82) is 0 Å². The molecule has 0 bridgehead atoms. The number of aliphatic carboxylic acids is 1. The molecule has 236 valence electrons. The minimum Gasteiger partial charge on any atom is -0.475 e. The van der Waals surface area contributed by atoms with E-state index in [9.17, 15) is 22.8 Å². The van der Waals surface area contributed by atoms with E-state index >= 15 is 0 Å². The van der Waals surface area contributed by atoms with Crippen LogP contribution in [0.4, 0.5) is 13.2 Å². The molecular weight excluding hydrogens is 563 g/mol. The fourth-order valence-electron chi connectivity index (χ4n) is 5.23. The summed E-state index contributed by atoms with van der Waals surface area (Å²) in [6.45, 7) is 8.89. The predicted molar refractivity (Wildman–Crippen MR) is 157 cm³/mol. The number of carbonyl (C=O) groups excluding carboxylic acids is 2. The molecule has 2 aliphatic rings. The van der Waals surface area contributed by atoms with E-state index in [2.05, 4.69) is 63.8 Å². The van der Waals surface area contributed by atoms with Gasteiger partial charge in [0.25, 0.3) is 0 Å². The number of carboxylic acid groups (broad SMARTS) is 1. The zero-order valence-electron chi connectivity index (χ0n) is 24.5. The summed E-state index contributed by atoms with van der Waals surface area (Å²) < 4.78 is 31.7. The van der Waals surface area contributed by atoms with E-state index in [1.54, 1.807) is 0 Å². The molecule has 1 unspecified atom stereocenters. The van der Waals surface area contributed by atoms with Crippen LogP contribution in [0.1, 0.15) is 49.3 Å². The second-order valence-corrected chi connectivity index (χ2v) is 11.6. The predicted octanol–water partition coefficient (Wildman–Crippen LogP) is 3.28. The van der Waals surface area contributed by atoms with Gasteiger partial charge >= 0.3 is 24.0 Å². The lowest BCUT2D eigenvalue weighted by molar-refractivity contribution is -0.192. The highest BCUT2D eigenvalue weighted by molar-refractivity contribution is 6.35. The quantitative estimate of drug-likeness (QED) is 0.340. The summed E-state index contributed by atoms with van der Waals surface area (Å²) in [4.78, 5) is 38.5. The fraction of sp³-hybridized carbons (Fsp3) is 0.516. The molecule has 0 spiro atoms. The maximum Gasteiger partial charge on any atom is 0.490 e. The van der Waals surface area contributed by atoms with Crippen molar-refractivity contribution in [2.45, 2.75) is 64.0 Å². The largest absolute Gasteiger partial charge is 0.490 e. The highest BCUT2D eigenvalue weighted by Crippen LogP contribution is 2.21. The summed E-state index contributed by atoms with van der Waals surface area (Å²) in [7, 11) is 0. The zero-order valence-corrected chi connectivity index (χ0v) is 24.5. The fourth-order valence-corrected chi connectivity index (χ4v) is 5.23. The summed E-state index contributed by atoms with van der Waals surface area (Å²) in [6.07, 6.45) is -0.928. The normalized spacial score (nSPS) is 19.0. The van der Waals surface area contributed by atoms with Crippen LogP contribution in [-0.2, 0) is 34.0 Å².